The summed E-state index contributed by atoms with van der Waals surface area (Å²) in [5, 5.41) is 0. The zero-order valence-corrected chi connectivity index (χ0v) is 11.4. The molecule has 0 saturated heterocycles. The molecule has 18 heavy (non-hydrogen) atoms. The largest absolute Gasteiger partial charge is 0.0767 e. The first-order chi connectivity index (χ1) is 8.68. The SMILES string of the molecule is Cc1cccc(C=CC(C)c2ccccc2)c1C. The predicted octanol–water partition coefficient (Wildman–Crippen LogP) is 5.12. The number of aryl methyl sites for hydroxylation is 1. The number of allylic oxidation sites excluding steroid dienone is 1. The van der Waals surface area contributed by atoms with Crippen molar-refractivity contribution in [3.05, 3.63) is 76.9 Å². The highest BCUT2D eigenvalue weighted by Crippen LogP contribution is 2.19. The fourth-order valence-corrected chi connectivity index (χ4v) is 2.07. The van der Waals surface area contributed by atoms with E-state index in [2.05, 4.69) is 81.5 Å². The van der Waals surface area contributed by atoms with Gasteiger partial charge in [-0.25, -0.2) is 0 Å². The zero-order valence-electron chi connectivity index (χ0n) is 11.4. The summed E-state index contributed by atoms with van der Waals surface area (Å²) in [5.74, 6) is 0.450. The standard InChI is InChI=1S/C18H20/c1-14-8-7-11-18(16(14)3)13-12-15(2)17-9-5-4-6-10-17/h4-13,15H,1-3H3. The molecule has 0 heteroatoms. The minimum absolute atomic E-state index is 0.450. The van der Waals surface area contributed by atoms with Crippen LogP contribution in [0.1, 0.15) is 35.1 Å². The Morgan fingerprint density at radius 2 is 1.61 bits per heavy atom. The summed E-state index contributed by atoms with van der Waals surface area (Å²) in [6, 6.07) is 17.1. The lowest BCUT2D eigenvalue weighted by atomic mass is 9.98. The molecule has 0 amide bonds. The van der Waals surface area contributed by atoms with Crippen LogP contribution >= 0.6 is 0 Å². The molecule has 0 aliphatic rings. The second-order valence-electron chi connectivity index (χ2n) is 4.85. The average molecular weight is 236 g/mol. The van der Waals surface area contributed by atoms with Crippen LogP contribution in [-0.4, -0.2) is 0 Å². The highest BCUT2D eigenvalue weighted by Gasteiger charge is 2.01. The van der Waals surface area contributed by atoms with Gasteiger partial charge < -0.3 is 0 Å². The molecule has 2 rings (SSSR count). The summed E-state index contributed by atoms with van der Waals surface area (Å²) in [5.41, 5.74) is 5.40. The summed E-state index contributed by atoms with van der Waals surface area (Å²) >= 11 is 0. The molecule has 0 fully saturated rings. The highest BCUT2D eigenvalue weighted by molar-refractivity contribution is 5.56. The van der Waals surface area contributed by atoms with E-state index < -0.39 is 0 Å². The van der Waals surface area contributed by atoms with Gasteiger partial charge in [0.2, 0.25) is 0 Å². The molecular formula is C18H20. The molecule has 0 nitrogen and oxygen atoms in total. The lowest BCUT2D eigenvalue weighted by Gasteiger charge is -2.08. The molecule has 92 valence electrons. The van der Waals surface area contributed by atoms with E-state index in [1.807, 2.05) is 0 Å². The highest BCUT2D eigenvalue weighted by atomic mass is 14.1. The number of hydrogen-bond donors (Lipinski definition) is 0. The lowest BCUT2D eigenvalue weighted by Crippen LogP contribution is -1.89. The minimum atomic E-state index is 0.450. The van der Waals surface area contributed by atoms with Crippen LogP contribution in [0.2, 0.25) is 0 Å². The Morgan fingerprint density at radius 1 is 0.889 bits per heavy atom. The van der Waals surface area contributed by atoms with Gasteiger partial charge in [0, 0.05) is 0 Å². The van der Waals surface area contributed by atoms with Crippen molar-refractivity contribution in [3.63, 3.8) is 0 Å². The summed E-state index contributed by atoms with van der Waals surface area (Å²) in [4.78, 5) is 0. The molecule has 0 heterocycles. The minimum Gasteiger partial charge on any atom is -0.0767 e. The van der Waals surface area contributed by atoms with Gasteiger partial charge in [0.05, 0.1) is 0 Å². The molecule has 0 saturated carbocycles. The van der Waals surface area contributed by atoms with Gasteiger partial charge in [-0.1, -0.05) is 67.6 Å². The van der Waals surface area contributed by atoms with Gasteiger partial charge >= 0.3 is 0 Å². The van der Waals surface area contributed by atoms with E-state index in [4.69, 9.17) is 0 Å². The summed E-state index contributed by atoms with van der Waals surface area (Å²) < 4.78 is 0. The average Bonchev–Trinajstić information content (AvgIpc) is 2.41. The van der Waals surface area contributed by atoms with Crippen molar-refractivity contribution in [2.24, 2.45) is 0 Å². The van der Waals surface area contributed by atoms with Crippen molar-refractivity contribution in [1.82, 2.24) is 0 Å². The number of hydrogen-bond acceptors (Lipinski definition) is 0. The Hall–Kier alpha value is -1.82. The van der Waals surface area contributed by atoms with Crippen LogP contribution in [0, 0.1) is 13.8 Å². The van der Waals surface area contributed by atoms with Crippen molar-refractivity contribution in [2.75, 3.05) is 0 Å². The van der Waals surface area contributed by atoms with Crippen LogP contribution in [0.25, 0.3) is 6.08 Å². The van der Waals surface area contributed by atoms with Crippen molar-refractivity contribution in [3.8, 4) is 0 Å². The predicted molar refractivity (Wildman–Crippen MR) is 79.8 cm³/mol. The van der Waals surface area contributed by atoms with Crippen LogP contribution < -0.4 is 0 Å². The topological polar surface area (TPSA) is 0 Å². The van der Waals surface area contributed by atoms with Crippen LogP contribution in [0.4, 0.5) is 0 Å². The van der Waals surface area contributed by atoms with Gasteiger partial charge in [-0.15, -0.1) is 0 Å². The lowest BCUT2D eigenvalue weighted by molar-refractivity contribution is 0.973. The van der Waals surface area contributed by atoms with Crippen molar-refractivity contribution < 1.29 is 0 Å². The molecule has 0 spiro atoms. The van der Waals surface area contributed by atoms with Gasteiger partial charge in [-0.05, 0) is 42.0 Å². The molecular weight excluding hydrogens is 216 g/mol. The Labute approximate surface area is 110 Å². The molecule has 1 atom stereocenters. The molecule has 0 aliphatic heterocycles. The van der Waals surface area contributed by atoms with E-state index in [0.29, 0.717) is 5.92 Å². The van der Waals surface area contributed by atoms with E-state index >= 15 is 0 Å². The summed E-state index contributed by atoms with van der Waals surface area (Å²) in [7, 11) is 0. The van der Waals surface area contributed by atoms with Gasteiger partial charge in [0.15, 0.2) is 0 Å². The summed E-state index contributed by atoms with van der Waals surface area (Å²) in [6.45, 7) is 6.58. The molecule has 0 N–H and O–H groups in total. The third-order valence-corrected chi connectivity index (χ3v) is 3.54. The molecule has 2 aromatic rings. The van der Waals surface area contributed by atoms with E-state index in [0.717, 1.165) is 0 Å². The smallest absolute Gasteiger partial charge is 0.000711 e. The fourth-order valence-electron chi connectivity index (χ4n) is 2.07. The third-order valence-electron chi connectivity index (χ3n) is 3.54. The molecule has 0 aromatic heterocycles. The normalized spacial score (nSPS) is 12.8. The molecule has 0 bridgehead atoms. The third kappa shape index (κ3) is 2.89. The zero-order chi connectivity index (χ0) is 13.0. The van der Waals surface area contributed by atoms with Crippen LogP contribution in [-0.2, 0) is 0 Å². The maximum Gasteiger partial charge on any atom is -0.000711 e. The Bertz CT molecular complexity index is 535. The first-order valence-corrected chi connectivity index (χ1v) is 6.48. The molecule has 0 radical (unpaired) electrons. The Balaban J connectivity index is 2.19. The molecule has 1 unspecified atom stereocenters. The van der Waals surface area contributed by atoms with Gasteiger partial charge in [0.25, 0.3) is 0 Å². The second kappa shape index (κ2) is 5.68. The van der Waals surface area contributed by atoms with Crippen molar-refractivity contribution >= 4 is 6.08 Å². The van der Waals surface area contributed by atoms with Crippen molar-refractivity contribution in [1.29, 1.82) is 0 Å². The maximum absolute atomic E-state index is 2.27. The van der Waals surface area contributed by atoms with E-state index in [-0.39, 0.29) is 0 Å². The molecule has 2 aromatic carbocycles. The van der Waals surface area contributed by atoms with Crippen LogP contribution in [0.5, 0.6) is 0 Å². The summed E-state index contributed by atoms with van der Waals surface area (Å²) in [6.07, 6.45) is 4.51. The fraction of sp³-hybridized carbons (Fsp3) is 0.222. The van der Waals surface area contributed by atoms with Crippen molar-refractivity contribution in [2.45, 2.75) is 26.7 Å². The molecule has 0 aliphatic carbocycles. The van der Waals surface area contributed by atoms with Gasteiger partial charge in [-0.3, -0.25) is 0 Å². The first kappa shape index (κ1) is 12.6. The van der Waals surface area contributed by atoms with E-state index in [1.54, 1.807) is 0 Å². The second-order valence-corrected chi connectivity index (χ2v) is 4.85. The quantitative estimate of drug-likeness (QED) is 0.693. The van der Waals surface area contributed by atoms with E-state index in [1.165, 1.54) is 22.3 Å². The number of benzene rings is 2. The van der Waals surface area contributed by atoms with Crippen LogP contribution in [0.3, 0.4) is 0 Å². The number of rotatable bonds is 3. The van der Waals surface area contributed by atoms with E-state index in [9.17, 15) is 0 Å². The first-order valence-electron chi connectivity index (χ1n) is 6.48. The Morgan fingerprint density at radius 3 is 2.33 bits per heavy atom. The van der Waals surface area contributed by atoms with Crippen LogP contribution in [0.15, 0.2) is 54.6 Å². The maximum atomic E-state index is 2.27. The van der Waals surface area contributed by atoms with Gasteiger partial charge in [-0.2, -0.15) is 0 Å². The monoisotopic (exact) mass is 236 g/mol. The van der Waals surface area contributed by atoms with Gasteiger partial charge in [0.1, 0.15) is 0 Å². The Kier molecular flexibility index (Phi) is 3.99.